The van der Waals surface area contributed by atoms with Gasteiger partial charge in [-0.3, -0.25) is 9.59 Å². The molecular formula is C25H30N6O3. The van der Waals surface area contributed by atoms with Crippen LogP contribution in [0.25, 0.3) is 11.4 Å². The first-order valence-corrected chi connectivity index (χ1v) is 11.7. The molecule has 2 aromatic carbocycles. The lowest BCUT2D eigenvalue weighted by molar-refractivity contribution is -0.124. The van der Waals surface area contributed by atoms with E-state index in [1.54, 1.807) is 7.11 Å². The Kier molecular flexibility index (Phi) is 7.51. The van der Waals surface area contributed by atoms with Crippen LogP contribution in [0.5, 0.6) is 5.75 Å². The van der Waals surface area contributed by atoms with Gasteiger partial charge in [0.1, 0.15) is 18.8 Å². The quantitative estimate of drug-likeness (QED) is 0.525. The van der Waals surface area contributed by atoms with Gasteiger partial charge in [0, 0.05) is 17.3 Å². The molecule has 0 atom stereocenters. The van der Waals surface area contributed by atoms with Crippen LogP contribution in [0.2, 0.25) is 0 Å². The van der Waals surface area contributed by atoms with E-state index in [0.717, 1.165) is 49.0 Å². The second-order valence-electron chi connectivity index (χ2n) is 8.42. The Labute approximate surface area is 199 Å². The van der Waals surface area contributed by atoms with Gasteiger partial charge in [0.2, 0.25) is 11.7 Å². The lowest BCUT2D eigenvalue weighted by Crippen LogP contribution is -2.44. The van der Waals surface area contributed by atoms with Gasteiger partial charge in [0.15, 0.2) is 0 Å². The van der Waals surface area contributed by atoms with Crippen LogP contribution in [0.4, 0.5) is 5.69 Å². The maximum absolute atomic E-state index is 13.3. The zero-order chi connectivity index (χ0) is 23.9. The summed E-state index contributed by atoms with van der Waals surface area (Å²) in [5, 5.41) is 15.5. The van der Waals surface area contributed by atoms with Crippen LogP contribution in [0.1, 0.15) is 38.2 Å². The number of tetrazole rings is 1. The van der Waals surface area contributed by atoms with E-state index < -0.39 is 0 Å². The fourth-order valence-corrected chi connectivity index (χ4v) is 4.09. The second-order valence-corrected chi connectivity index (χ2v) is 8.42. The van der Waals surface area contributed by atoms with Crippen LogP contribution in [-0.2, 0) is 22.6 Å². The Balaban J connectivity index is 1.48. The molecule has 1 aliphatic carbocycles. The van der Waals surface area contributed by atoms with Crippen molar-refractivity contribution >= 4 is 17.5 Å². The average Bonchev–Trinajstić information content (AvgIpc) is 3.55. The Hall–Kier alpha value is -3.75. The highest BCUT2D eigenvalue weighted by Crippen LogP contribution is 2.20. The van der Waals surface area contributed by atoms with Crippen LogP contribution in [0, 0.1) is 0 Å². The van der Waals surface area contributed by atoms with Gasteiger partial charge in [-0.15, -0.1) is 10.2 Å². The number of ether oxygens (including phenoxy) is 1. The summed E-state index contributed by atoms with van der Waals surface area (Å²) in [5.41, 5.74) is 2.59. The predicted octanol–water partition coefficient (Wildman–Crippen LogP) is 3.00. The predicted molar refractivity (Wildman–Crippen MR) is 128 cm³/mol. The van der Waals surface area contributed by atoms with Crippen LogP contribution in [0.3, 0.4) is 0 Å². The molecule has 1 heterocycles. The first kappa shape index (κ1) is 23.4. The summed E-state index contributed by atoms with van der Waals surface area (Å²) >= 11 is 0. The lowest BCUT2D eigenvalue weighted by atomic mass is 10.1. The second kappa shape index (κ2) is 10.9. The fourth-order valence-electron chi connectivity index (χ4n) is 4.09. The largest absolute Gasteiger partial charge is 0.497 e. The summed E-state index contributed by atoms with van der Waals surface area (Å²) in [7, 11) is 1.60. The lowest BCUT2D eigenvalue weighted by Gasteiger charge is -2.23. The van der Waals surface area contributed by atoms with Gasteiger partial charge < -0.3 is 15.0 Å². The number of aryl methyl sites for hydroxylation is 1. The topological polar surface area (TPSA) is 102 Å². The summed E-state index contributed by atoms with van der Waals surface area (Å²) < 4.78 is 5.17. The standard InChI is InChI=1S/C25H30N6O3/c1-3-18-8-12-21(13-9-18)30(16-23(32)26-20-6-4-5-7-20)24(33)17-31-28-25(27-29-31)19-10-14-22(34-2)15-11-19/h8-15,20H,3-7,16-17H2,1-2H3,(H,26,32). The molecule has 2 amide bonds. The van der Waals surface area contributed by atoms with Crippen molar-refractivity contribution in [1.29, 1.82) is 0 Å². The maximum atomic E-state index is 13.3. The maximum Gasteiger partial charge on any atom is 0.251 e. The molecule has 0 spiro atoms. The van der Waals surface area contributed by atoms with E-state index in [1.165, 1.54) is 9.70 Å². The molecule has 0 bridgehead atoms. The normalized spacial score (nSPS) is 13.6. The number of hydrogen-bond acceptors (Lipinski definition) is 6. The van der Waals surface area contributed by atoms with Gasteiger partial charge in [0.05, 0.1) is 7.11 Å². The molecule has 4 rings (SSSR count). The first-order chi connectivity index (χ1) is 16.6. The van der Waals surface area contributed by atoms with Gasteiger partial charge in [-0.25, -0.2) is 0 Å². The van der Waals surface area contributed by atoms with Gasteiger partial charge in [-0.1, -0.05) is 31.9 Å². The number of anilines is 1. The van der Waals surface area contributed by atoms with E-state index in [9.17, 15) is 9.59 Å². The highest BCUT2D eigenvalue weighted by Gasteiger charge is 2.23. The van der Waals surface area contributed by atoms with Crippen molar-refractivity contribution < 1.29 is 14.3 Å². The molecule has 1 N–H and O–H groups in total. The molecule has 0 radical (unpaired) electrons. The van der Waals surface area contributed by atoms with E-state index >= 15 is 0 Å². The molecule has 34 heavy (non-hydrogen) atoms. The van der Waals surface area contributed by atoms with Crippen molar-refractivity contribution in [2.24, 2.45) is 0 Å². The molecule has 1 saturated carbocycles. The van der Waals surface area contributed by atoms with E-state index in [0.29, 0.717) is 11.5 Å². The number of amides is 2. The minimum atomic E-state index is -0.287. The van der Waals surface area contributed by atoms with Gasteiger partial charge in [-0.2, -0.15) is 4.80 Å². The Bertz CT molecular complexity index is 1100. The smallest absolute Gasteiger partial charge is 0.251 e. The zero-order valence-electron chi connectivity index (χ0n) is 19.6. The van der Waals surface area contributed by atoms with E-state index in [1.807, 2.05) is 48.5 Å². The van der Waals surface area contributed by atoms with E-state index in [4.69, 9.17) is 4.74 Å². The van der Waals surface area contributed by atoms with Crippen LogP contribution >= 0.6 is 0 Å². The van der Waals surface area contributed by atoms with Crippen LogP contribution < -0.4 is 15.0 Å². The van der Waals surface area contributed by atoms with E-state index in [2.05, 4.69) is 27.7 Å². The van der Waals surface area contributed by atoms with E-state index in [-0.39, 0.29) is 30.9 Å². The Morgan fingerprint density at radius 3 is 2.44 bits per heavy atom. The molecule has 0 unspecified atom stereocenters. The van der Waals surface area contributed by atoms with Crippen molar-refractivity contribution in [2.75, 3.05) is 18.6 Å². The number of nitrogens with one attached hydrogen (secondary N) is 1. The van der Waals surface area contributed by atoms with Gasteiger partial charge in [0.25, 0.3) is 5.91 Å². The SMILES string of the molecule is CCc1ccc(N(CC(=O)NC2CCCC2)C(=O)Cn2nnc(-c3ccc(OC)cc3)n2)cc1. The van der Waals surface area contributed by atoms with Crippen molar-refractivity contribution in [2.45, 2.75) is 51.6 Å². The number of rotatable bonds is 9. The van der Waals surface area contributed by atoms with Crippen molar-refractivity contribution in [3.8, 4) is 17.1 Å². The molecule has 1 fully saturated rings. The van der Waals surface area contributed by atoms with Crippen molar-refractivity contribution in [1.82, 2.24) is 25.5 Å². The molecule has 0 aliphatic heterocycles. The fraction of sp³-hybridized carbons (Fsp3) is 0.400. The highest BCUT2D eigenvalue weighted by atomic mass is 16.5. The number of carbonyl (C=O) groups is 2. The van der Waals surface area contributed by atoms with Crippen molar-refractivity contribution in [3.05, 3.63) is 54.1 Å². The number of aromatic nitrogens is 4. The molecule has 9 nitrogen and oxygen atoms in total. The summed E-state index contributed by atoms with van der Waals surface area (Å²) in [5.74, 6) is 0.690. The summed E-state index contributed by atoms with van der Waals surface area (Å²) in [6.07, 6.45) is 5.12. The zero-order valence-corrected chi connectivity index (χ0v) is 19.6. The summed E-state index contributed by atoms with van der Waals surface area (Å²) in [4.78, 5) is 28.7. The van der Waals surface area contributed by atoms with Gasteiger partial charge in [-0.05, 0) is 66.4 Å². The van der Waals surface area contributed by atoms with Crippen molar-refractivity contribution in [3.63, 3.8) is 0 Å². The van der Waals surface area contributed by atoms with Gasteiger partial charge >= 0.3 is 0 Å². The third kappa shape index (κ3) is 5.78. The molecule has 1 aliphatic rings. The monoisotopic (exact) mass is 462 g/mol. The summed E-state index contributed by atoms with van der Waals surface area (Å²) in [6.45, 7) is 1.89. The third-order valence-corrected chi connectivity index (χ3v) is 6.06. The Morgan fingerprint density at radius 1 is 1.09 bits per heavy atom. The number of nitrogens with zero attached hydrogens (tertiary/aromatic N) is 5. The molecule has 0 saturated heterocycles. The minimum absolute atomic E-state index is 0.0547. The Morgan fingerprint density at radius 2 is 1.79 bits per heavy atom. The first-order valence-electron chi connectivity index (χ1n) is 11.7. The molecular weight excluding hydrogens is 432 g/mol. The molecule has 9 heteroatoms. The molecule has 1 aromatic heterocycles. The number of hydrogen-bond donors (Lipinski definition) is 1. The minimum Gasteiger partial charge on any atom is -0.497 e. The number of benzene rings is 2. The third-order valence-electron chi connectivity index (χ3n) is 6.06. The average molecular weight is 463 g/mol. The molecule has 3 aromatic rings. The number of carbonyl (C=O) groups excluding carboxylic acids is 2. The van der Waals surface area contributed by atoms with Crippen LogP contribution in [-0.4, -0.2) is 51.7 Å². The molecule has 178 valence electrons. The van der Waals surface area contributed by atoms with Crippen LogP contribution in [0.15, 0.2) is 48.5 Å². The summed E-state index contributed by atoms with van der Waals surface area (Å²) in [6, 6.07) is 15.2. The highest BCUT2D eigenvalue weighted by molar-refractivity contribution is 5.98. The number of methoxy groups -OCH3 is 1.